The number of carbonyl (C=O) groups excluding carboxylic acids is 1. The fourth-order valence-electron chi connectivity index (χ4n) is 2.33. The van der Waals surface area contributed by atoms with Gasteiger partial charge in [0.25, 0.3) is 0 Å². The lowest BCUT2D eigenvalue weighted by molar-refractivity contribution is 0.0994. The fourth-order valence-corrected chi connectivity index (χ4v) is 3.23. The maximum absolute atomic E-state index is 12.5. The third kappa shape index (κ3) is 3.07. The number of aromatic amines is 1. The van der Waals surface area contributed by atoms with Crippen molar-refractivity contribution in [2.75, 3.05) is 0 Å². The molecule has 3 nitrogen and oxygen atoms in total. The van der Waals surface area contributed by atoms with E-state index >= 15 is 0 Å². The van der Waals surface area contributed by atoms with E-state index in [2.05, 4.69) is 23.0 Å². The largest absolute Gasteiger partial charge is 0.333 e. The van der Waals surface area contributed by atoms with Crippen molar-refractivity contribution < 1.29 is 4.79 Å². The number of aryl methyl sites for hydroxylation is 2. The van der Waals surface area contributed by atoms with Crippen molar-refractivity contribution in [3.63, 3.8) is 0 Å². The molecule has 1 N–H and O–H groups in total. The minimum absolute atomic E-state index is 0.127. The van der Waals surface area contributed by atoms with Crippen LogP contribution in [0.5, 0.6) is 0 Å². The van der Waals surface area contributed by atoms with Crippen LogP contribution in [0.25, 0.3) is 11.0 Å². The van der Waals surface area contributed by atoms with E-state index in [1.165, 1.54) is 17.3 Å². The van der Waals surface area contributed by atoms with Gasteiger partial charge in [0.05, 0.1) is 16.3 Å². The second kappa shape index (κ2) is 5.97. The quantitative estimate of drug-likeness (QED) is 0.568. The van der Waals surface area contributed by atoms with Gasteiger partial charge in [-0.25, -0.2) is 4.98 Å². The van der Waals surface area contributed by atoms with Crippen molar-refractivity contribution in [2.24, 2.45) is 0 Å². The Morgan fingerprint density at radius 2 is 1.77 bits per heavy atom. The summed E-state index contributed by atoms with van der Waals surface area (Å²) in [5, 5.41) is 0.609. The monoisotopic (exact) mass is 310 g/mol. The summed E-state index contributed by atoms with van der Waals surface area (Å²) in [6.07, 6.45) is 0. The third-order valence-corrected chi connectivity index (χ3v) is 4.59. The first-order valence-corrected chi connectivity index (χ1v) is 8.15. The SMILES string of the molecule is Cc1ccc(C(=O)[C@@H](C)Sc2nc3ccc(C)cc3[nH]2)cc1. The molecule has 0 aliphatic heterocycles. The summed E-state index contributed by atoms with van der Waals surface area (Å²) >= 11 is 1.47. The van der Waals surface area contributed by atoms with E-state index in [4.69, 9.17) is 0 Å². The Labute approximate surface area is 134 Å². The van der Waals surface area contributed by atoms with Gasteiger partial charge in [0.1, 0.15) is 0 Å². The first-order chi connectivity index (χ1) is 10.5. The maximum atomic E-state index is 12.5. The molecule has 0 unspecified atom stereocenters. The Morgan fingerprint density at radius 1 is 1.09 bits per heavy atom. The Balaban J connectivity index is 1.78. The lowest BCUT2D eigenvalue weighted by Gasteiger charge is -2.08. The number of hydrogen-bond acceptors (Lipinski definition) is 3. The fraction of sp³-hybridized carbons (Fsp3) is 0.222. The van der Waals surface area contributed by atoms with Gasteiger partial charge < -0.3 is 4.98 Å². The number of imidazole rings is 1. The summed E-state index contributed by atoms with van der Waals surface area (Å²) < 4.78 is 0. The van der Waals surface area contributed by atoms with Gasteiger partial charge in [0, 0.05) is 5.56 Å². The van der Waals surface area contributed by atoms with Gasteiger partial charge in [0.2, 0.25) is 0 Å². The van der Waals surface area contributed by atoms with Crippen LogP contribution in [0, 0.1) is 13.8 Å². The molecule has 22 heavy (non-hydrogen) atoms. The molecular weight excluding hydrogens is 292 g/mol. The second-order valence-corrected chi connectivity index (χ2v) is 6.88. The number of fused-ring (bicyclic) bond motifs is 1. The summed E-state index contributed by atoms with van der Waals surface area (Å²) in [7, 11) is 0. The van der Waals surface area contributed by atoms with Gasteiger partial charge in [-0.05, 0) is 38.5 Å². The molecule has 2 aromatic carbocycles. The van der Waals surface area contributed by atoms with E-state index in [0.717, 1.165) is 27.3 Å². The minimum atomic E-state index is -0.177. The normalized spacial score (nSPS) is 12.5. The molecule has 0 spiro atoms. The average Bonchev–Trinajstić information content (AvgIpc) is 2.88. The summed E-state index contributed by atoms with van der Waals surface area (Å²) in [5.74, 6) is 0.127. The van der Waals surface area contributed by atoms with Crippen molar-refractivity contribution in [1.82, 2.24) is 9.97 Å². The van der Waals surface area contributed by atoms with Gasteiger partial charge in [-0.2, -0.15) is 0 Å². The van der Waals surface area contributed by atoms with Crippen LogP contribution in [0.2, 0.25) is 0 Å². The predicted octanol–water partition coefficient (Wildman–Crippen LogP) is 4.54. The Hall–Kier alpha value is -2.07. The number of benzene rings is 2. The van der Waals surface area contributed by atoms with Gasteiger partial charge in [-0.15, -0.1) is 0 Å². The molecule has 0 aliphatic rings. The standard InChI is InChI=1S/C18H18N2OS/c1-11-4-7-14(8-5-11)17(21)13(3)22-18-19-15-9-6-12(2)10-16(15)20-18/h4-10,13H,1-3H3,(H,19,20)/t13-/m1/s1. The number of H-pyrrole nitrogens is 1. The summed E-state index contributed by atoms with van der Waals surface area (Å²) in [6.45, 7) is 5.99. The van der Waals surface area contributed by atoms with Gasteiger partial charge in [-0.1, -0.05) is 47.7 Å². The van der Waals surface area contributed by atoms with Crippen molar-refractivity contribution in [2.45, 2.75) is 31.2 Å². The maximum Gasteiger partial charge on any atom is 0.175 e. The molecular formula is C18H18N2OS. The van der Waals surface area contributed by atoms with Crippen LogP contribution in [0.3, 0.4) is 0 Å². The summed E-state index contributed by atoms with van der Waals surface area (Å²) in [6, 6.07) is 13.8. The molecule has 0 bridgehead atoms. The van der Waals surface area contributed by atoms with Crippen molar-refractivity contribution >= 4 is 28.6 Å². The van der Waals surface area contributed by atoms with E-state index in [1.807, 2.05) is 50.2 Å². The number of ketones is 1. The average molecular weight is 310 g/mol. The van der Waals surface area contributed by atoms with Crippen LogP contribution in [0.4, 0.5) is 0 Å². The van der Waals surface area contributed by atoms with Crippen LogP contribution < -0.4 is 0 Å². The molecule has 1 heterocycles. The highest BCUT2D eigenvalue weighted by Crippen LogP contribution is 2.26. The van der Waals surface area contributed by atoms with Crippen LogP contribution in [0.15, 0.2) is 47.6 Å². The lowest BCUT2D eigenvalue weighted by atomic mass is 10.1. The molecule has 112 valence electrons. The lowest BCUT2D eigenvalue weighted by Crippen LogP contribution is -2.13. The third-order valence-electron chi connectivity index (χ3n) is 3.61. The summed E-state index contributed by atoms with van der Waals surface area (Å²) in [4.78, 5) is 20.3. The molecule has 4 heteroatoms. The number of carbonyl (C=O) groups is 1. The van der Waals surface area contributed by atoms with E-state index in [0.29, 0.717) is 0 Å². The molecule has 1 atom stereocenters. The number of hydrogen-bond donors (Lipinski definition) is 1. The van der Waals surface area contributed by atoms with Crippen molar-refractivity contribution in [1.29, 1.82) is 0 Å². The zero-order chi connectivity index (χ0) is 15.7. The second-order valence-electron chi connectivity index (χ2n) is 5.55. The number of rotatable bonds is 4. The van der Waals surface area contributed by atoms with E-state index < -0.39 is 0 Å². The Kier molecular flexibility index (Phi) is 4.03. The smallest absolute Gasteiger partial charge is 0.175 e. The van der Waals surface area contributed by atoms with Crippen LogP contribution in [-0.2, 0) is 0 Å². The molecule has 1 aromatic heterocycles. The molecule has 0 saturated carbocycles. The van der Waals surface area contributed by atoms with E-state index in [-0.39, 0.29) is 11.0 Å². The minimum Gasteiger partial charge on any atom is -0.333 e. The van der Waals surface area contributed by atoms with Crippen LogP contribution >= 0.6 is 11.8 Å². The molecule has 0 fully saturated rings. The van der Waals surface area contributed by atoms with E-state index in [1.54, 1.807) is 0 Å². The predicted molar refractivity (Wildman–Crippen MR) is 91.7 cm³/mol. The highest BCUT2D eigenvalue weighted by molar-refractivity contribution is 8.00. The van der Waals surface area contributed by atoms with Gasteiger partial charge in [0.15, 0.2) is 10.9 Å². The Morgan fingerprint density at radius 3 is 2.50 bits per heavy atom. The topological polar surface area (TPSA) is 45.8 Å². The zero-order valence-electron chi connectivity index (χ0n) is 12.9. The van der Waals surface area contributed by atoms with E-state index in [9.17, 15) is 4.79 Å². The summed E-state index contributed by atoms with van der Waals surface area (Å²) in [5.41, 5.74) is 5.04. The van der Waals surface area contributed by atoms with Crippen LogP contribution in [0.1, 0.15) is 28.4 Å². The van der Waals surface area contributed by atoms with Crippen molar-refractivity contribution in [3.05, 3.63) is 59.2 Å². The number of Topliss-reactive ketones (excluding diaryl/α,β-unsaturated/α-hetero) is 1. The number of nitrogens with one attached hydrogen (secondary N) is 1. The molecule has 3 rings (SSSR count). The van der Waals surface area contributed by atoms with Crippen molar-refractivity contribution in [3.8, 4) is 0 Å². The van der Waals surface area contributed by atoms with Gasteiger partial charge >= 0.3 is 0 Å². The highest BCUT2D eigenvalue weighted by Gasteiger charge is 2.18. The van der Waals surface area contributed by atoms with Gasteiger partial charge in [-0.3, -0.25) is 4.79 Å². The molecule has 0 amide bonds. The molecule has 0 radical (unpaired) electrons. The first kappa shape index (κ1) is 14.9. The zero-order valence-corrected chi connectivity index (χ0v) is 13.7. The number of thioether (sulfide) groups is 1. The molecule has 0 aliphatic carbocycles. The highest BCUT2D eigenvalue weighted by atomic mass is 32.2. The molecule has 0 saturated heterocycles. The molecule has 3 aromatic rings. The number of aromatic nitrogens is 2. The number of nitrogens with zero attached hydrogens (tertiary/aromatic N) is 1. The Bertz CT molecular complexity index is 821. The first-order valence-electron chi connectivity index (χ1n) is 7.27. The van der Waals surface area contributed by atoms with Crippen LogP contribution in [-0.4, -0.2) is 21.0 Å².